The van der Waals surface area contributed by atoms with Gasteiger partial charge in [-0.25, -0.2) is 0 Å². The van der Waals surface area contributed by atoms with Crippen LogP contribution in [0, 0.1) is 0 Å². The van der Waals surface area contributed by atoms with Gasteiger partial charge in [-0.3, -0.25) is 0 Å². The predicted molar refractivity (Wildman–Crippen MR) is 62.6 cm³/mol. The van der Waals surface area contributed by atoms with E-state index in [1.54, 1.807) is 0 Å². The summed E-state index contributed by atoms with van der Waals surface area (Å²) in [5.41, 5.74) is 0. The number of hydrogen-bond donors (Lipinski definition) is 6. The van der Waals surface area contributed by atoms with Crippen molar-refractivity contribution in [3.63, 3.8) is 0 Å². The van der Waals surface area contributed by atoms with Crippen LogP contribution in [0.5, 0.6) is 0 Å². The fourth-order valence-electron chi connectivity index (χ4n) is 0. The zero-order valence-corrected chi connectivity index (χ0v) is 16.6. The Labute approximate surface area is 159 Å². The molecule has 0 spiro atoms. The van der Waals surface area contributed by atoms with Gasteiger partial charge in [-0.15, -0.1) is 0 Å². The molecule has 112 valence electrons. The molecule has 19 heteroatoms. The Kier molecular flexibility index (Phi) is 161. The average Bonchev–Trinajstić information content (AvgIpc) is 1.12. The molecule has 0 saturated heterocycles. The van der Waals surface area contributed by atoms with Crippen LogP contribution in [0.2, 0.25) is 0 Å². The molecule has 14 nitrogen and oxygen atoms in total. The normalized spacial score (nSPS) is 6.21. The van der Waals surface area contributed by atoms with Crippen LogP contribution in [-0.2, 0) is 9.13 Å². The molecule has 0 atom stereocenters. The van der Waals surface area contributed by atoms with Crippen LogP contribution < -0.4 is 66.3 Å². The van der Waals surface area contributed by atoms with Gasteiger partial charge in [0.25, 0.3) is 0 Å². The topological polar surface area (TPSA) is 382 Å². The zero-order chi connectivity index (χ0) is 9.00. The summed E-state index contributed by atoms with van der Waals surface area (Å²) >= 11 is 0. The number of hydrogen-bond acceptors (Lipinski definition) is 14. The van der Waals surface area contributed by atoms with Crippen molar-refractivity contribution in [1.29, 1.82) is 0 Å². The molecular formula is H18Mg3N6O8P2. The van der Waals surface area contributed by atoms with Crippen molar-refractivity contribution in [1.82, 2.24) is 36.9 Å². The Balaban J connectivity index is -0.00000000508. The summed E-state index contributed by atoms with van der Waals surface area (Å²) in [6, 6.07) is 0. The summed E-state index contributed by atoms with van der Waals surface area (Å²) < 4.78 is 17.1. The quantitative estimate of drug-likeness (QED) is 0.172. The first kappa shape index (κ1) is 82.8. The van der Waals surface area contributed by atoms with Crippen LogP contribution in [0.3, 0.4) is 0 Å². The third kappa shape index (κ3) is 1300. The van der Waals surface area contributed by atoms with Gasteiger partial charge in [0.2, 0.25) is 0 Å². The molecule has 0 aliphatic carbocycles. The van der Waals surface area contributed by atoms with E-state index < -0.39 is 15.6 Å². The van der Waals surface area contributed by atoms with Gasteiger partial charge in [0, 0.05) is 0 Å². The summed E-state index contributed by atoms with van der Waals surface area (Å²) in [7, 11) is -10.8. The maximum atomic E-state index is 8.55. The molecule has 0 rings (SSSR count). The molecular weight excluding hydrogens is 347 g/mol. The molecule has 0 aliphatic heterocycles. The van der Waals surface area contributed by atoms with E-state index in [4.69, 9.17) is 38.5 Å². The summed E-state index contributed by atoms with van der Waals surface area (Å²) in [5, 5.41) is 0. The van der Waals surface area contributed by atoms with Gasteiger partial charge in [-0.1, -0.05) is 0 Å². The van der Waals surface area contributed by atoms with Crippen molar-refractivity contribution < 1.29 is 38.5 Å². The molecule has 0 bridgehead atoms. The van der Waals surface area contributed by atoms with Crippen LogP contribution in [0.15, 0.2) is 0 Å². The fourth-order valence-corrected chi connectivity index (χ4v) is 0. The average molecular weight is 365 g/mol. The monoisotopic (exact) mass is 364 g/mol. The van der Waals surface area contributed by atoms with Crippen LogP contribution in [0.1, 0.15) is 0 Å². The van der Waals surface area contributed by atoms with Crippen molar-refractivity contribution >= 4 is 84.8 Å². The summed E-state index contributed by atoms with van der Waals surface area (Å²) in [4.78, 5) is 51.3. The van der Waals surface area contributed by atoms with Crippen molar-refractivity contribution in [2.45, 2.75) is 0 Å². The van der Waals surface area contributed by atoms with E-state index in [9.17, 15) is 0 Å². The Morgan fingerprint density at radius 1 is 0.421 bits per heavy atom. The van der Waals surface area contributed by atoms with Crippen molar-refractivity contribution in [2.24, 2.45) is 0 Å². The fraction of sp³-hybridized carbons (Fsp3) is 0. The van der Waals surface area contributed by atoms with Crippen LogP contribution in [0.4, 0.5) is 0 Å². The molecule has 0 unspecified atom stereocenters. The number of rotatable bonds is 0. The van der Waals surface area contributed by atoms with Gasteiger partial charge in [-0.05, 0) is 0 Å². The standard InChI is InChI=1S/3Mg.6H3N.2H3O4P/c;;;;;;;;;2*1-5(2,3)4/h;;;6*1H3;2*(H3,1,2,3,4)/q3*+2;;;;;;;;/p-6. The molecule has 0 amide bonds. The first-order valence-electron chi connectivity index (χ1n) is 1.46. The Morgan fingerprint density at radius 3 is 0.421 bits per heavy atom. The van der Waals surface area contributed by atoms with Crippen LogP contribution in [-0.4, -0.2) is 69.2 Å². The first-order chi connectivity index (χ1) is 4.00. The maximum absolute atomic E-state index is 8.55. The molecule has 0 aliphatic rings. The second-order valence-electron chi connectivity index (χ2n) is 0.894. The van der Waals surface area contributed by atoms with E-state index in [0.29, 0.717) is 0 Å². The molecule has 18 N–H and O–H groups in total. The van der Waals surface area contributed by atoms with Crippen molar-refractivity contribution in [3.05, 3.63) is 0 Å². The third-order valence-corrected chi connectivity index (χ3v) is 0. The third-order valence-electron chi connectivity index (χ3n) is 0. The molecule has 19 heavy (non-hydrogen) atoms. The van der Waals surface area contributed by atoms with Crippen LogP contribution in [0.25, 0.3) is 0 Å². The Bertz CT molecular complexity index is 147. The number of phosphoric acid groups is 2. The SMILES string of the molecule is N.N.N.N.N.N.O=P([O-])([O-])[O-].O=P([O-])([O-])[O-].[Mg+2].[Mg+2].[Mg+2]. The minimum Gasteiger partial charge on any atom is -0.822 e. The van der Waals surface area contributed by atoms with Gasteiger partial charge < -0.3 is 75.4 Å². The molecule has 0 radical (unpaired) electrons. The Hall–Kier alpha value is 2.28. The summed E-state index contributed by atoms with van der Waals surface area (Å²) in [5.74, 6) is 0. The van der Waals surface area contributed by atoms with Gasteiger partial charge in [0.15, 0.2) is 0 Å². The van der Waals surface area contributed by atoms with E-state index in [2.05, 4.69) is 0 Å². The smallest absolute Gasteiger partial charge is 0.822 e. The summed E-state index contributed by atoms with van der Waals surface area (Å²) in [6.07, 6.45) is 0. The van der Waals surface area contributed by atoms with Crippen LogP contribution >= 0.6 is 15.6 Å². The molecule has 0 heterocycles. The van der Waals surface area contributed by atoms with Gasteiger partial charge in [0.05, 0.1) is 0 Å². The molecule has 0 aromatic heterocycles. The first-order valence-corrected chi connectivity index (χ1v) is 4.38. The van der Waals surface area contributed by atoms with Gasteiger partial charge in [-0.2, -0.15) is 15.6 Å². The van der Waals surface area contributed by atoms with E-state index in [-0.39, 0.29) is 106 Å². The zero-order valence-electron chi connectivity index (χ0n) is 10.5. The minimum absolute atomic E-state index is 0. The maximum Gasteiger partial charge on any atom is 2.00 e. The van der Waals surface area contributed by atoms with E-state index in [1.807, 2.05) is 0 Å². The predicted octanol–water partition coefficient (Wildman–Crippen LogP) is -5.82. The van der Waals surface area contributed by atoms with E-state index in [1.165, 1.54) is 0 Å². The van der Waals surface area contributed by atoms with Crippen molar-refractivity contribution in [2.75, 3.05) is 0 Å². The van der Waals surface area contributed by atoms with E-state index in [0.717, 1.165) is 0 Å². The van der Waals surface area contributed by atoms with Crippen molar-refractivity contribution in [3.8, 4) is 0 Å². The molecule has 0 aromatic rings. The molecule has 0 fully saturated rings. The second-order valence-corrected chi connectivity index (χ2v) is 2.68. The van der Waals surface area contributed by atoms with Gasteiger partial charge >= 0.3 is 69.2 Å². The minimum atomic E-state index is -5.39. The van der Waals surface area contributed by atoms with E-state index >= 15 is 0 Å². The molecule has 0 aromatic carbocycles. The molecule has 0 saturated carbocycles. The van der Waals surface area contributed by atoms with Gasteiger partial charge in [0.1, 0.15) is 0 Å². The largest absolute Gasteiger partial charge is 2.00 e. The Morgan fingerprint density at radius 2 is 0.421 bits per heavy atom. The second kappa shape index (κ2) is 37.0. The summed E-state index contributed by atoms with van der Waals surface area (Å²) in [6.45, 7) is 0.